The fourth-order valence-corrected chi connectivity index (χ4v) is 2.82. The molecule has 1 aromatic rings. The van der Waals surface area contributed by atoms with Crippen molar-refractivity contribution in [1.29, 1.82) is 0 Å². The van der Waals surface area contributed by atoms with Crippen LogP contribution in [0.1, 0.15) is 22.1 Å². The third kappa shape index (κ3) is 2.38. The van der Waals surface area contributed by atoms with E-state index < -0.39 is 0 Å². The fraction of sp³-hybridized carbons (Fsp3) is 0.545. The summed E-state index contributed by atoms with van der Waals surface area (Å²) in [5.41, 5.74) is 0. The highest BCUT2D eigenvalue weighted by molar-refractivity contribution is 7.12. The molecule has 0 aromatic carbocycles. The van der Waals surface area contributed by atoms with Gasteiger partial charge in [0.2, 0.25) is 5.91 Å². The van der Waals surface area contributed by atoms with E-state index in [0.29, 0.717) is 12.5 Å². The lowest BCUT2D eigenvalue weighted by atomic mass is 10.2. The molecule has 1 fully saturated rings. The molecule has 2 rings (SSSR count). The van der Waals surface area contributed by atoms with E-state index in [2.05, 4.69) is 24.4 Å². The molecular formula is C11H15NO2S. The summed E-state index contributed by atoms with van der Waals surface area (Å²) in [4.78, 5) is 14.2. The van der Waals surface area contributed by atoms with Crippen molar-refractivity contribution in [2.24, 2.45) is 5.92 Å². The van der Waals surface area contributed by atoms with Crippen molar-refractivity contribution in [2.45, 2.75) is 19.3 Å². The normalized spacial score (nSPS) is 23.9. The Kier molecular flexibility index (Phi) is 3.07. The van der Waals surface area contributed by atoms with E-state index in [-0.39, 0.29) is 18.4 Å². The number of carbonyl (C=O) groups is 1. The van der Waals surface area contributed by atoms with Crippen LogP contribution in [0, 0.1) is 12.8 Å². The van der Waals surface area contributed by atoms with Gasteiger partial charge in [-0.25, -0.2) is 0 Å². The molecule has 15 heavy (non-hydrogen) atoms. The highest BCUT2D eigenvalue weighted by atomic mass is 32.1. The van der Waals surface area contributed by atoms with E-state index in [4.69, 9.17) is 5.11 Å². The largest absolute Gasteiger partial charge is 0.395 e. The lowest BCUT2D eigenvalue weighted by Gasteiger charge is -2.00. The third-order valence-corrected chi connectivity index (χ3v) is 3.80. The van der Waals surface area contributed by atoms with E-state index in [1.807, 2.05) is 0 Å². The number of aliphatic hydroxyl groups excluding tert-OH is 1. The van der Waals surface area contributed by atoms with Crippen LogP contribution in [-0.2, 0) is 4.79 Å². The summed E-state index contributed by atoms with van der Waals surface area (Å²) in [6, 6.07) is 4.21. The smallest absolute Gasteiger partial charge is 0.223 e. The highest BCUT2D eigenvalue weighted by Gasteiger charge is 2.44. The molecule has 2 N–H and O–H groups in total. The van der Waals surface area contributed by atoms with Gasteiger partial charge in [-0.3, -0.25) is 4.79 Å². The summed E-state index contributed by atoms with van der Waals surface area (Å²) in [6.07, 6.45) is 0.956. The average molecular weight is 225 g/mol. The van der Waals surface area contributed by atoms with Crippen LogP contribution in [0.5, 0.6) is 0 Å². The van der Waals surface area contributed by atoms with Crippen molar-refractivity contribution in [2.75, 3.05) is 13.2 Å². The summed E-state index contributed by atoms with van der Waals surface area (Å²) >= 11 is 1.77. The molecule has 0 bridgehead atoms. The molecule has 0 radical (unpaired) electrons. The first kappa shape index (κ1) is 10.6. The molecule has 1 aliphatic rings. The molecule has 1 saturated carbocycles. The zero-order valence-corrected chi connectivity index (χ0v) is 9.51. The zero-order valence-electron chi connectivity index (χ0n) is 8.69. The Morgan fingerprint density at radius 1 is 1.67 bits per heavy atom. The van der Waals surface area contributed by atoms with Crippen molar-refractivity contribution < 1.29 is 9.90 Å². The monoisotopic (exact) mass is 225 g/mol. The van der Waals surface area contributed by atoms with Crippen LogP contribution in [0.3, 0.4) is 0 Å². The Bertz CT molecular complexity index is 361. The van der Waals surface area contributed by atoms with Crippen LogP contribution in [0.4, 0.5) is 0 Å². The summed E-state index contributed by atoms with van der Waals surface area (Å²) < 4.78 is 0. The SMILES string of the molecule is Cc1ccc(C2CC2C(=O)NCCO)s1. The van der Waals surface area contributed by atoms with Gasteiger partial charge in [-0.1, -0.05) is 0 Å². The van der Waals surface area contributed by atoms with Gasteiger partial charge in [-0.05, 0) is 25.5 Å². The second-order valence-electron chi connectivity index (χ2n) is 3.91. The van der Waals surface area contributed by atoms with E-state index >= 15 is 0 Å². The summed E-state index contributed by atoms with van der Waals surface area (Å²) in [6.45, 7) is 2.46. The third-order valence-electron chi connectivity index (χ3n) is 2.66. The molecule has 1 aliphatic carbocycles. The quantitative estimate of drug-likeness (QED) is 0.810. The molecular weight excluding hydrogens is 210 g/mol. The maximum Gasteiger partial charge on any atom is 0.223 e. The van der Waals surface area contributed by atoms with Gasteiger partial charge in [0.05, 0.1) is 6.61 Å². The number of rotatable bonds is 4. The van der Waals surface area contributed by atoms with Crippen LogP contribution in [0.25, 0.3) is 0 Å². The van der Waals surface area contributed by atoms with E-state index in [9.17, 15) is 4.79 Å². The molecule has 0 aliphatic heterocycles. The summed E-state index contributed by atoms with van der Waals surface area (Å²) in [7, 11) is 0. The standard InChI is InChI=1S/C11H15NO2S/c1-7-2-3-10(15-7)8-6-9(8)11(14)12-4-5-13/h2-3,8-9,13H,4-6H2,1H3,(H,12,14). The molecule has 2 unspecified atom stereocenters. The molecule has 1 amide bonds. The zero-order chi connectivity index (χ0) is 10.8. The molecule has 1 heterocycles. The molecule has 0 spiro atoms. The predicted molar refractivity (Wildman–Crippen MR) is 60.0 cm³/mol. The van der Waals surface area contributed by atoms with Crippen LogP contribution < -0.4 is 5.32 Å². The number of thiophene rings is 1. The minimum atomic E-state index is 0.0151. The lowest BCUT2D eigenvalue weighted by Crippen LogP contribution is -2.28. The number of aryl methyl sites for hydroxylation is 1. The van der Waals surface area contributed by atoms with Gasteiger partial charge in [0.1, 0.15) is 0 Å². The molecule has 0 saturated heterocycles. The number of hydrogen-bond acceptors (Lipinski definition) is 3. The van der Waals surface area contributed by atoms with E-state index in [1.165, 1.54) is 9.75 Å². The van der Waals surface area contributed by atoms with Crippen molar-refractivity contribution in [1.82, 2.24) is 5.32 Å². The maximum absolute atomic E-state index is 11.5. The van der Waals surface area contributed by atoms with Gasteiger partial charge in [-0.2, -0.15) is 0 Å². The Labute approximate surface area is 93.1 Å². The molecule has 1 aromatic heterocycles. The predicted octanol–water partition coefficient (Wildman–Crippen LogP) is 1.27. The Morgan fingerprint density at radius 2 is 2.47 bits per heavy atom. The van der Waals surface area contributed by atoms with Gasteiger partial charge in [-0.15, -0.1) is 11.3 Å². The summed E-state index contributed by atoms with van der Waals surface area (Å²) in [5.74, 6) is 0.636. The lowest BCUT2D eigenvalue weighted by molar-refractivity contribution is -0.122. The Morgan fingerprint density at radius 3 is 3.07 bits per heavy atom. The van der Waals surface area contributed by atoms with Gasteiger partial charge >= 0.3 is 0 Å². The molecule has 2 atom stereocenters. The Hall–Kier alpha value is -0.870. The number of hydrogen-bond donors (Lipinski definition) is 2. The average Bonchev–Trinajstić information content (AvgIpc) is 2.92. The van der Waals surface area contributed by atoms with E-state index in [0.717, 1.165) is 6.42 Å². The Balaban J connectivity index is 1.88. The van der Waals surface area contributed by atoms with Crippen molar-refractivity contribution in [3.63, 3.8) is 0 Å². The minimum Gasteiger partial charge on any atom is -0.395 e. The van der Waals surface area contributed by atoms with Gasteiger partial charge < -0.3 is 10.4 Å². The van der Waals surface area contributed by atoms with Crippen molar-refractivity contribution >= 4 is 17.2 Å². The van der Waals surface area contributed by atoms with Gasteiger partial charge in [0.25, 0.3) is 0 Å². The van der Waals surface area contributed by atoms with Crippen LogP contribution >= 0.6 is 11.3 Å². The van der Waals surface area contributed by atoms with Crippen LogP contribution in [-0.4, -0.2) is 24.2 Å². The minimum absolute atomic E-state index is 0.0151. The second-order valence-corrected chi connectivity index (χ2v) is 5.23. The van der Waals surface area contributed by atoms with Crippen LogP contribution in [0.15, 0.2) is 12.1 Å². The van der Waals surface area contributed by atoms with Gasteiger partial charge in [0.15, 0.2) is 0 Å². The highest BCUT2D eigenvalue weighted by Crippen LogP contribution is 2.49. The number of nitrogens with one attached hydrogen (secondary N) is 1. The number of amides is 1. The molecule has 82 valence electrons. The molecule has 3 nitrogen and oxygen atoms in total. The first-order valence-electron chi connectivity index (χ1n) is 5.17. The number of aliphatic hydroxyl groups is 1. The van der Waals surface area contributed by atoms with Gasteiger partial charge in [0, 0.05) is 28.1 Å². The van der Waals surface area contributed by atoms with Crippen molar-refractivity contribution in [3.05, 3.63) is 21.9 Å². The number of carbonyl (C=O) groups excluding carboxylic acids is 1. The topological polar surface area (TPSA) is 49.3 Å². The second kappa shape index (κ2) is 4.33. The fourth-order valence-electron chi connectivity index (χ4n) is 1.76. The summed E-state index contributed by atoms with van der Waals surface area (Å²) in [5, 5.41) is 11.3. The molecule has 4 heteroatoms. The van der Waals surface area contributed by atoms with E-state index in [1.54, 1.807) is 11.3 Å². The van der Waals surface area contributed by atoms with Crippen LogP contribution in [0.2, 0.25) is 0 Å². The van der Waals surface area contributed by atoms with Crippen molar-refractivity contribution in [3.8, 4) is 0 Å². The first-order chi connectivity index (χ1) is 7.22. The maximum atomic E-state index is 11.5. The first-order valence-corrected chi connectivity index (χ1v) is 5.99.